The molecule has 244 valence electrons. The number of benzene rings is 8. The average Bonchev–Trinajstić information content (AvgIpc) is 3.42. The fourth-order valence-electron chi connectivity index (χ4n) is 8.60. The predicted molar refractivity (Wildman–Crippen MR) is 218 cm³/mol. The van der Waals surface area contributed by atoms with E-state index in [1.165, 1.54) is 66.8 Å². The summed E-state index contributed by atoms with van der Waals surface area (Å²) in [5.74, 6) is 0. The van der Waals surface area contributed by atoms with Gasteiger partial charge in [-0.2, -0.15) is 0 Å². The van der Waals surface area contributed by atoms with E-state index in [1.807, 2.05) is 0 Å². The molecule has 52 heavy (non-hydrogen) atoms. The smallest absolute Gasteiger partial charge is 0.0725 e. The van der Waals surface area contributed by atoms with Gasteiger partial charge in [0.05, 0.1) is 5.41 Å². The van der Waals surface area contributed by atoms with Crippen molar-refractivity contribution in [2.75, 3.05) is 4.90 Å². The Kier molecular flexibility index (Phi) is 7.11. The second kappa shape index (κ2) is 12.3. The summed E-state index contributed by atoms with van der Waals surface area (Å²) in [7, 11) is 0. The SMILES string of the molecule is C1=Cc2ccccc2C2(c3ccccc31)c1ccccc1-c1cc(N(c3ccccc3)c3ccc(-c4ccc(-c5ccccc5)cc4)cc3)ccc12. The zero-order valence-electron chi connectivity index (χ0n) is 28.7. The van der Waals surface area contributed by atoms with Crippen molar-refractivity contribution in [1.82, 2.24) is 0 Å². The van der Waals surface area contributed by atoms with Gasteiger partial charge in [0.25, 0.3) is 0 Å². The van der Waals surface area contributed by atoms with Crippen molar-refractivity contribution >= 4 is 29.2 Å². The molecule has 2 aliphatic carbocycles. The van der Waals surface area contributed by atoms with Crippen LogP contribution in [0.25, 0.3) is 45.5 Å². The maximum Gasteiger partial charge on any atom is 0.0725 e. The van der Waals surface area contributed by atoms with Gasteiger partial charge in [-0.05, 0) is 103 Å². The van der Waals surface area contributed by atoms with Crippen LogP contribution in [0, 0.1) is 0 Å². The van der Waals surface area contributed by atoms with Gasteiger partial charge in [-0.15, -0.1) is 0 Å². The van der Waals surface area contributed by atoms with Crippen molar-refractivity contribution < 1.29 is 0 Å². The van der Waals surface area contributed by atoms with Crippen LogP contribution in [0.4, 0.5) is 17.1 Å². The Balaban J connectivity index is 1.11. The van der Waals surface area contributed by atoms with Crippen molar-refractivity contribution in [3.8, 4) is 33.4 Å². The van der Waals surface area contributed by atoms with Crippen LogP contribution in [0.5, 0.6) is 0 Å². The quantitative estimate of drug-likeness (QED) is 0.177. The van der Waals surface area contributed by atoms with E-state index in [0.717, 1.165) is 17.1 Å². The third kappa shape index (κ3) is 4.71. The Hall–Kier alpha value is -6.70. The number of hydrogen-bond donors (Lipinski definition) is 0. The molecule has 2 aliphatic rings. The molecule has 0 amide bonds. The summed E-state index contributed by atoms with van der Waals surface area (Å²) in [6, 6.07) is 73.1. The standard InChI is InChI=1S/C51H35N/c1-3-13-36(14-4-1)37-23-25-38(26-24-37)39-29-31-43(32-30-39)52(42-17-5-2-6-18-42)44-33-34-50-46(35-44)45-19-9-12-22-49(45)51(50)47-20-10-7-15-40(47)27-28-41-16-8-11-21-48(41)51/h1-35H. The minimum Gasteiger partial charge on any atom is -0.310 e. The highest BCUT2D eigenvalue weighted by atomic mass is 15.1. The Morgan fingerprint density at radius 1 is 0.288 bits per heavy atom. The molecule has 1 nitrogen and oxygen atoms in total. The summed E-state index contributed by atoms with van der Waals surface area (Å²) in [4.78, 5) is 2.38. The Morgan fingerprint density at radius 3 is 1.33 bits per heavy atom. The molecule has 8 aromatic carbocycles. The van der Waals surface area contributed by atoms with Gasteiger partial charge in [0, 0.05) is 17.1 Å². The van der Waals surface area contributed by atoms with Crippen molar-refractivity contribution in [2.45, 2.75) is 5.41 Å². The van der Waals surface area contributed by atoms with E-state index in [4.69, 9.17) is 0 Å². The minimum atomic E-state index is -0.434. The molecule has 1 spiro atoms. The number of nitrogens with zero attached hydrogens (tertiary/aromatic N) is 1. The van der Waals surface area contributed by atoms with Gasteiger partial charge in [-0.3, -0.25) is 0 Å². The molecule has 0 saturated heterocycles. The van der Waals surface area contributed by atoms with Gasteiger partial charge in [-0.25, -0.2) is 0 Å². The Bertz CT molecular complexity index is 2550. The Morgan fingerprint density at radius 2 is 0.712 bits per heavy atom. The van der Waals surface area contributed by atoms with Gasteiger partial charge in [0.2, 0.25) is 0 Å². The molecular weight excluding hydrogens is 627 g/mol. The van der Waals surface area contributed by atoms with E-state index in [2.05, 4.69) is 217 Å². The molecule has 0 radical (unpaired) electrons. The predicted octanol–water partition coefficient (Wildman–Crippen LogP) is 13.3. The van der Waals surface area contributed by atoms with Gasteiger partial charge in [0.15, 0.2) is 0 Å². The summed E-state index contributed by atoms with van der Waals surface area (Å²) in [5, 5.41) is 0. The topological polar surface area (TPSA) is 3.24 Å². The van der Waals surface area contributed by atoms with Crippen LogP contribution in [0.1, 0.15) is 33.4 Å². The van der Waals surface area contributed by atoms with E-state index in [-0.39, 0.29) is 0 Å². The third-order valence-electron chi connectivity index (χ3n) is 10.9. The molecule has 0 saturated carbocycles. The van der Waals surface area contributed by atoms with Crippen LogP contribution in [-0.4, -0.2) is 0 Å². The zero-order chi connectivity index (χ0) is 34.5. The van der Waals surface area contributed by atoms with Crippen LogP contribution in [0.15, 0.2) is 200 Å². The lowest BCUT2D eigenvalue weighted by atomic mass is 9.66. The highest BCUT2D eigenvalue weighted by Crippen LogP contribution is 2.59. The van der Waals surface area contributed by atoms with Crippen molar-refractivity contribution in [1.29, 1.82) is 0 Å². The molecule has 0 bridgehead atoms. The Labute approximate surface area is 305 Å². The second-order valence-corrected chi connectivity index (χ2v) is 13.7. The van der Waals surface area contributed by atoms with Crippen molar-refractivity contribution in [2.24, 2.45) is 0 Å². The average molecular weight is 662 g/mol. The summed E-state index contributed by atoms with van der Waals surface area (Å²) < 4.78 is 0. The number of rotatable bonds is 5. The molecule has 0 heterocycles. The largest absolute Gasteiger partial charge is 0.310 e. The van der Waals surface area contributed by atoms with E-state index in [1.54, 1.807) is 0 Å². The van der Waals surface area contributed by atoms with Gasteiger partial charge in [-0.1, -0.05) is 176 Å². The van der Waals surface area contributed by atoms with Crippen LogP contribution < -0.4 is 4.90 Å². The summed E-state index contributed by atoms with van der Waals surface area (Å²) in [5.41, 5.74) is 18.2. The maximum absolute atomic E-state index is 2.41. The van der Waals surface area contributed by atoms with Crippen LogP contribution in [0.3, 0.4) is 0 Å². The molecule has 0 aromatic heterocycles. The van der Waals surface area contributed by atoms with E-state index in [0.29, 0.717) is 0 Å². The molecule has 0 atom stereocenters. The number of fused-ring (bicyclic) bond motifs is 9. The first kappa shape index (κ1) is 30.2. The molecular formula is C51H35N. The molecule has 8 aromatic rings. The first-order valence-electron chi connectivity index (χ1n) is 18.0. The lowest BCUT2D eigenvalue weighted by molar-refractivity contribution is 0.766. The lowest BCUT2D eigenvalue weighted by Gasteiger charge is -2.35. The zero-order valence-corrected chi connectivity index (χ0v) is 28.7. The van der Waals surface area contributed by atoms with Gasteiger partial charge >= 0.3 is 0 Å². The normalized spacial score (nSPS) is 13.1. The van der Waals surface area contributed by atoms with Crippen LogP contribution in [0.2, 0.25) is 0 Å². The first-order valence-corrected chi connectivity index (χ1v) is 18.0. The first-order chi connectivity index (χ1) is 25.8. The molecule has 0 unspecified atom stereocenters. The van der Waals surface area contributed by atoms with E-state index >= 15 is 0 Å². The molecule has 10 rings (SSSR count). The summed E-state index contributed by atoms with van der Waals surface area (Å²) >= 11 is 0. The van der Waals surface area contributed by atoms with Crippen LogP contribution >= 0.6 is 0 Å². The monoisotopic (exact) mass is 661 g/mol. The fourth-order valence-corrected chi connectivity index (χ4v) is 8.60. The molecule has 0 aliphatic heterocycles. The van der Waals surface area contributed by atoms with E-state index < -0.39 is 5.41 Å². The van der Waals surface area contributed by atoms with Gasteiger partial charge < -0.3 is 4.90 Å². The summed E-state index contributed by atoms with van der Waals surface area (Å²) in [6.07, 6.45) is 4.58. The molecule has 1 heteroatoms. The number of anilines is 3. The minimum absolute atomic E-state index is 0.434. The maximum atomic E-state index is 2.41. The molecule has 0 fully saturated rings. The van der Waals surface area contributed by atoms with E-state index in [9.17, 15) is 0 Å². The third-order valence-corrected chi connectivity index (χ3v) is 10.9. The summed E-state index contributed by atoms with van der Waals surface area (Å²) in [6.45, 7) is 0. The van der Waals surface area contributed by atoms with Gasteiger partial charge in [0.1, 0.15) is 0 Å². The number of hydrogen-bond acceptors (Lipinski definition) is 1. The van der Waals surface area contributed by atoms with Crippen molar-refractivity contribution in [3.05, 3.63) is 234 Å². The second-order valence-electron chi connectivity index (χ2n) is 13.7. The highest BCUT2D eigenvalue weighted by molar-refractivity contribution is 5.93. The molecule has 0 N–H and O–H groups in total. The number of para-hydroxylation sites is 1. The van der Waals surface area contributed by atoms with Crippen molar-refractivity contribution in [3.63, 3.8) is 0 Å². The highest BCUT2D eigenvalue weighted by Gasteiger charge is 2.48. The fraction of sp³-hybridized carbons (Fsp3) is 0.0196. The van der Waals surface area contributed by atoms with Crippen LogP contribution in [-0.2, 0) is 5.41 Å². The lowest BCUT2D eigenvalue weighted by Crippen LogP contribution is -2.29.